The molecule has 0 N–H and O–H groups in total. The summed E-state index contributed by atoms with van der Waals surface area (Å²) in [4.78, 5) is 53.3. The molecule has 2 aromatic rings. The lowest BCUT2D eigenvalue weighted by molar-refractivity contribution is -0.123. The number of alkyl halides is 2. The average Bonchev–Trinajstić information content (AvgIpc) is 3.43. The number of hydrogen-bond acceptors (Lipinski definition) is 5. The second-order valence-electron chi connectivity index (χ2n) is 9.38. The highest BCUT2D eigenvalue weighted by Gasteiger charge is 2.66. The quantitative estimate of drug-likeness (QED) is 0.220. The van der Waals surface area contributed by atoms with E-state index in [2.05, 4.69) is 31.9 Å². The van der Waals surface area contributed by atoms with Crippen molar-refractivity contribution in [1.82, 2.24) is 0 Å². The summed E-state index contributed by atoms with van der Waals surface area (Å²) in [5, 5.41) is 0. The number of imide groups is 1. The molecule has 1 aliphatic heterocycles. The van der Waals surface area contributed by atoms with Crippen LogP contribution in [-0.4, -0.2) is 39.8 Å². The van der Waals surface area contributed by atoms with Crippen molar-refractivity contribution in [1.29, 1.82) is 0 Å². The molecule has 3 aliphatic rings. The fraction of sp³-hybridized carbons (Fsp3) is 0.385. The predicted octanol–water partition coefficient (Wildman–Crippen LogP) is 4.63. The number of esters is 1. The lowest BCUT2D eigenvalue weighted by atomic mass is 9.81. The normalized spacial score (nSPS) is 29.5. The molecule has 6 nitrogen and oxygen atoms in total. The molecule has 0 aromatic heterocycles. The fourth-order valence-electron chi connectivity index (χ4n) is 5.70. The van der Waals surface area contributed by atoms with Gasteiger partial charge in [0.2, 0.25) is 17.6 Å². The largest absolute Gasteiger partial charge is 0.454 e. The SMILES string of the molecule is Cc1ccc(C)c(C(=O)COC(=O)c2cccc(N3C(=O)[C@H]4[C@@H]5C[C@H]([C@@H](Br)[C@H]5Br)[C@@H]4C3=O)c2)c1. The Balaban J connectivity index is 1.32. The van der Waals surface area contributed by atoms with Crippen molar-refractivity contribution >= 4 is 61.1 Å². The number of ether oxygens (including phenoxy) is 1. The minimum Gasteiger partial charge on any atom is -0.454 e. The van der Waals surface area contributed by atoms with Crippen molar-refractivity contribution in [3.05, 3.63) is 64.7 Å². The standard InChI is InChI=1S/C26H23Br2NO5/c1-12-6-7-13(2)16(8-12)19(30)11-34-26(33)14-4-3-5-15(9-14)29-24(31)20-17-10-18(21(20)25(29)32)23(28)22(17)27/h3-9,17-18,20-23H,10-11H2,1-2H3/t17-,18-,20-,21-,22-,23+/m0/s1. The molecular formula is C26H23Br2NO5. The number of ketones is 1. The Hall–Kier alpha value is -2.32. The van der Waals surface area contributed by atoms with Gasteiger partial charge in [-0.15, -0.1) is 0 Å². The Morgan fingerprint density at radius 3 is 2.26 bits per heavy atom. The van der Waals surface area contributed by atoms with Crippen LogP contribution in [0.1, 0.15) is 38.3 Å². The summed E-state index contributed by atoms with van der Waals surface area (Å²) in [6, 6.07) is 11.8. The highest BCUT2D eigenvalue weighted by atomic mass is 79.9. The van der Waals surface area contributed by atoms with E-state index in [9.17, 15) is 19.2 Å². The van der Waals surface area contributed by atoms with Crippen LogP contribution in [0.2, 0.25) is 0 Å². The topological polar surface area (TPSA) is 80.8 Å². The molecule has 1 heterocycles. The lowest BCUT2D eigenvalue weighted by Gasteiger charge is -2.28. The van der Waals surface area contributed by atoms with Crippen molar-refractivity contribution in [2.24, 2.45) is 23.7 Å². The van der Waals surface area contributed by atoms with Gasteiger partial charge in [-0.05, 0) is 61.9 Å². The molecule has 2 bridgehead atoms. The number of benzene rings is 2. The van der Waals surface area contributed by atoms with Gasteiger partial charge in [0.15, 0.2) is 6.61 Å². The third kappa shape index (κ3) is 3.66. The maximum atomic E-state index is 13.3. The van der Waals surface area contributed by atoms with Gasteiger partial charge in [0, 0.05) is 15.2 Å². The molecule has 6 atom stereocenters. The number of Topliss-reactive ketones (excluding diaryl/α,β-unsaturated/α-hetero) is 1. The van der Waals surface area contributed by atoms with E-state index in [1.165, 1.54) is 11.0 Å². The number of carbonyl (C=O) groups excluding carboxylic acids is 4. The summed E-state index contributed by atoms with van der Waals surface area (Å²) >= 11 is 7.38. The number of halogens is 2. The van der Waals surface area contributed by atoms with Crippen LogP contribution in [0.25, 0.3) is 0 Å². The maximum Gasteiger partial charge on any atom is 0.338 e. The third-order valence-corrected chi connectivity index (χ3v) is 10.6. The minimum absolute atomic E-state index is 0.116. The molecule has 0 spiro atoms. The first kappa shape index (κ1) is 23.4. The molecule has 5 rings (SSSR count). The molecular weight excluding hydrogens is 566 g/mol. The summed E-state index contributed by atoms with van der Waals surface area (Å²) in [5.74, 6) is -1.81. The van der Waals surface area contributed by atoms with Crippen LogP contribution in [0.4, 0.5) is 5.69 Å². The Kier molecular flexibility index (Phi) is 6.01. The van der Waals surface area contributed by atoms with E-state index < -0.39 is 5.97 Å². The number of carbonyl (C=O) groups is 4. The fourth-order valence-corrected chi connectivity index (χ4v) is 7.58. The molecule has 1 saturated heterocycles. The van der Waals surface area contributed by atoms with Crippen LogP contribution in [0.5, 0.6) is 0 Å². The average molecular weight is 589 g/mol. The van der Waals surface area contributed by atoms with Crippen LogP contribution in [0.15, 0.2) is 42.5 Å². The summed E-state index contributed by atoms with van der Waals surface area (Å²) in [6.45, 7) is 3.34. The highest BCUT2D eigenvalue weighted by molar-refractivity contribution is 9.12. The van der Waals surface area contributed by atoms with E-state index in [0.29, 0.717) is 11.3 Å². The third-order valence-electron chi connectivity index (χ3n) is 7.35. The predicted molar refractivity (Wildman–Crippen MR) is 133 cm³/mol. The van der Waals surface area contributed by atoms with Crippen LogP contribution >= 0.6 is 31.9 Å². The van der Waals surface area contributed by atoms with Gasteiger partial charge in [-0.1, -0.05) is 55.6 Å². The second-order valence-corrected chi connectivity index (χ2v) is 11.5. The van der Waals surface area contributed by atoms with Gasteiger partial charge in [-0.3, -0.25) is 19.3 Å². The monoisotopic (exact) mass is 587 g/mol. The van der Waals surface area contributed by atoms with Crippen molar-refractivity contribution in [2.75, 3.05) is 11.5 Å². The number of anilines is 1. The highest BCUT2D eigenvalue weighted by Crippen LogP contribution is 2.60. The Labute approximate surface area is 214 Å². The van der Waals surface area contributed by atoms with E-state index in [-0.39, 0.29) is 63.1 Å². The molecule has 2 amide bonds. The van der Waals surface area contributed by atoms with E-state index in [1.807, 2.05) is 26.0 Å². The van der Waals surface area contributed by atoms with Crippen LogP contribution < -0.4 is 4.90 Å². The van der Waals surface area contributed by atoms with Gasteiger partial charge in [0.25, 0.3) is 0 Å². The van der Waals surface area contributed by atoms with Crippen molar-refractivity contribution < 1.29 is 23.9 Å². The zero-order valence-corrected chi connectivity index (χ0v) is 21.8. The van der Waals surface area contributed by atoms with Crippen LogP contribution in [0.3, 0.4) is 0 Å². The Morgan fingerprint density at radius 2 is 1.62 bits per heavy atom. The Morgan fingerprint density at radius 1 is 0.971 bits per heavy atom. The molecule has 2 saturated carbocycles. The first-order valence-electron chi connectivity index (χ1n) is 11.2. The molecule has 2 aliphatic carbocycles. The van der Waals surface area contributed by atoms with Crippen molar-refractivity contribution in [3.63, 3.8) is 0 Å². The van der Waals surface area contributed by atoms with Crippen molar-refractivity contribution in [3.8, 4) is 0 Å². The van der Waals surface area contributed by atoms with Gasteiger partial charge in [-0.25, -0.2) is 4.79 Å². The number of amides is 2. The van der Waals surface area contributed by atoms with E-state index in [1.54, 1.807) is 24.3 Å². The second kappa shape index (κ2) is 8.72. The van der Waals surface area contributed by atoms with Crippen LogP contribution in [-0.2, 0) is 14.3 Å². The zero-order chi connectivity index (χ0) is 24.3. The molecule has 0 radical (unpaired) electrons. The minimum atomic E-state index is -0.680. The first-order chi connectivity index (χ1) is 16.2. The molecule has 3 fully saturated rings. The molecule has 2 aromatic carbocycles. The van der Waals surface area contributed by atoms with E-state index in [4.69, 9.17) is 4.74 Å². The van der Waals surface area contributed by atoms with Gasteiger partial charge in [-0.2, -0.15) is 0 Å². The molecule has 0 unspecified atom stereocenters. The summed E-state index contributed by atoms with van der Waals surface area (Å²) < 4.78 is 5.27. The summed E-state index contributed by atoms with van der Waals surface area (Å²) in [7, 11) is 0. The Bertz CT molecular complexity index is 1200. The van der Waals surface area contributed by atoms with Gasteiger partial charge in [0.1, 0.15) is 0 Å². The number of hydrogen-bond donors (Lipinski definition) is 0. The molecule has 34 heavy (non-hydrogen) atoms. The first-order valence-corrected chi connectivity index (χ1v) is 13.1. The molecule has 8 heteroatoms. The van der Waals surface area contributed by atoms with Crippen molar-refractivity contribution in [2.45, 2.75) is 29.9 Å². The number of aryl methyl sites for hydroxylation is 2. The lowest BCUT2D eigenvalue weighted by Crippen LogP contribution is -2.37. The van der Waals surface area contributed by atoms with E-state index >= 15 is 0 Å². The summed E-state index contributed by atoms with van der Waals surface area (Å²) in [6.07, 6.45) is 0.854. The summed E-state index contributed by atoms with van der Waals surface area (Å²) in [5.41, 5.74) is 2.82. The van der Waals surface area contributed by atoms with E-state index in [0.717, 1.165) is 17.5 Å². The number of nitrogens with zero attached hydrogens (tertiary/aromatic N) is 1. The van der Waals surface area contributed by atoms with Gasteiger partial charge in [0.05, 0.1) is 23.1 Å². The maximum absolute atomic E-state index is 13.3. The van der Waals surface area contributed by atoms with Crippen LogP contribution in [0, 0.1) is 37.5 Å². The number of fused-ring (bicyclic) bond motifs is 5. The van der Waals surface area contributed by atoms with Gasteiger partial charge >= 0.3 is 5.97 Å². The van der Waals surface area contributed by atoms with Gasteiger partial charge < -0.3 is 4.74 Å². The molecule has 176 valence electrons. The smallest absolute Gasteiger partial charge is 0.338 e. The zero-order valence-electron chi connectivity index (χ0n) is 18.7. The number of rotatable bonds is 5.